The lowest BCUT2D eigenvalue weighted by Crippen LogP contribution is -2.50. The van der Waals surface area contributed by atoms with Gasteiger partial charge < -0.3 is 18.9 Å². The molecule has 2 heterocycles. The van der Waals surface area contributed by atoms with Crippen LogP contribution < -0.4 is 0 Å². The SMILES string of the molecule is CCOC(=O)c1ccc(C2=NC(c3ccccc3Cl)(N3C(c4ccccc4Cl)=NC(c4ccc(C(=O)OCC)cc4)(c4ccc(C(=O)OCC)cc4)C3c3ccc(C(=O)OCC)cc3)N=C2)cc1. The molecule has 344 valence electrons. The second kappa shape index (κ2) is 20.2. The summed E-state index contributed by atoms with van der Waals surface area (Å²) >= 11 is 14.5. The molecule has 14 heteroatoms. The van der Waals surface area contributed by atoms with Gasteiger partial charge in [-0.3, -0.25) is 4.90 Å². The number of halogens is 2. The highest BCUT2D eigenvalue weighted by atomic mass is 35.5. The van der Waals surface area contributed by atoms with Gasteiger partial charge >= 0.3 is 23.9 Å². The number of nitrogens with zero attached hydrogens (tertiary/aromatic N) is 4. The van der Waals surface area contributed by atoms with Gasteiger partial charge in [0.25, 0.3) is 5.79 Å². The Hall–Kier alpha value is -7.41. The van der Waals surface area contributed by atoms with Crippen LogP contribution in [0.25, 0.3) is 0 Å². The molecule has 0 saturated carbocycles. The van der Waals surface area contributed by atoms with Crippen LogP contribution in [0.4, 0.5) is 0 Å². The standard InChI is InChI=1S/C54H46Cl2N4O8/c1-5-65-49(61)36-21-17-34(18-22-36)46-33-57-54(58-46,43-14-10-12-16-45(43)56)60-47(35-19-23-37(24-20-35)50(62)66-6-2)53(59-48(60)42-13-9-11-15-44(42)55,40-29-25-38(26-30-40)51(63)67-7-3)41-31-27-39(28-32-41)52(64)68-8-4/h9-33,47H,5-8H2,1-4H3. The molecule has 2 atom stereocenters. The van der Waals surface area contributed by atoms with Crippen LogP contribution >= 0.6 is 23.2 Å². The Morgan fingerprint density at radius 2 is 0.956 bits per heavy atom. The third kappa shape index (κ3) is 8.80. The number of aliphatic imine (C=N–C) groups is 3. The molecule has 6 aromatic carbocycles. The van der Waals surface area contributed by atoms with E-state index in [1.54, 1.807) is 107 Å². The van der Waals surface area contributed by atoms with Crippen molar-refractivity contribution < 1.29 is 38.1 Å². The molecular weight excluding hydrogens is 904 g/mol. The summed E-state index contributed by atoms with van der Waals surface area (Å²) in [6.45, 7) is 7.75. The molecule has 0 saturated heterocycles. The molecule has 0 amide bonds. The average molecular weight is 950 g/mol. The van der Waals surface area contributed by atoms with Gasteiger partial charge in [0.05, 0.1) is 76.7 Å². The number of carbonyl (C=O) groups is 4. The van der Waals surface area contributed by atoms with E-state index in [2.05, 4.69) is 0 Å². The summed E-state index contributed by atoms with van der Waals surface area (Å²) in [5.74, 6) is -3.32. The summed E-state index contributed by atoms with van der Waals surface area (Å²) in [6, 6.07) is 41.6. The first-order chi connectivity index (χ1) is 33.0. The molecule has 2 unspecified atom stereocenters. The second-order valence-electron chi connectivity index (χ2n) is 15.6. The van der Waals surface area contributed by atoms with E-state index in [0.29, 0.717) is 77.2 Å². The van der Waals surface area contributed by atoms with Crippen LogP contribution in [0.1, 0.15) is 109 Å². The number of esters is 4. The van der Waals surface area contributed by atoms with Crippen LogP contribution in [0, 0.1) is 0 Å². The Balaban J connectivity index is 1.48. The van der Waals surface area contributed by atoms with Crippen molar-refractivity contribution in [1.29, 1.82) is 0 Å². The summed E-state index contributed by atoms with van der Waals surface area (Å²) in [7, 11) is 0. The maximum atomic E-state index is 13.2. The first-order valence-corrected chi connectivity index (χ1v) is 22.9. The van der Waals surface area contributed by atoms with Crippen molar-refractivity contribution in [2.24, 2.45) is 15.0 Å². The maximum absolute atomic E-state index is 13.2. The smallest absolute Gasteiger partial charge is 0.338 e. The predicted octanol–water partition coefficient (Wildman–Crippen LogP) is 10.8. The lowest BCUT2D eigenvalue weighted by atomic mass is 9.74. The van der Waals surface area contributed by atoms with E-state index >= 15 is 0 Å². The number of rotatable bonds is 15. The van der Waals surface area contributed by atoms with Gasteiger partial charge in [-0.1, -0.05) is 102 Å². The molecule has 2 aliphatic heterocycles. The van der Waals surface area contributed by atoms with E-state index in [-0.39, 0.29) is 26.4 Å². The maximum Gasteiger partial charge on any atom is 0.338 e. The molecular formula is C54H46Cl2N4O8. The van der Waals surface area contributed by atoms with Crippen molar-refractivity contribution in [1.82, 2.24) is 4.90 Å². The predicted molar refractivity (Wildman–Crippen MR) is 261 cm³/mol. The van der Waals surface area contributed by atoms with E-state index in [1.807, 2.05) is 77.7 Å². The van der Waals surface area contributed by atoms with Gasteiger partial charge in [-0.25, -0.2) is 34.2 Å². The third-order valence-electron chi connectivity index (χ3n) is 11.6. The van der Waals surface area contributed by atoms with Crippen molar-refractivity contribution in [3.05, 3.63) is 211 Å². The molecule has 0 aliphatic carbocycles. The summed E-state index contributed by atoms with van der Waals surface area (Å²) < 4.78 is 21.4. The molecule has 68 heavy (non-hydrogen) atoms. The molecule has 6 aromatic rings. The third-order valence-corrected chi connectivity index (χ3v) is 12.3. The lowest BCUT2D eigenvalue weighted by Gasteiger charge is -2.45. The van der Waals surface area contributed by atoms with E-state index in [0.717, 1.165) is 0 Å². The summed E-state index contributed by atoms with van der Waals surface area (Å²) in [6.07, 6.45) is 1.66. The fraction of sp³-hybridized carbons (Fsp3) is 0.204. The average Bonchev–Trinajstić information content (AvgIpc) is 3.97. The minimum absolute atomic E-state index is 0.184. The quantitative estimate of drug-likeness (QED) is 0.0725. The minimum Gasteiger partial charge on any atom is -0.462 e. The van der Waals surface area contributed by atoms with Crippen LogP contribution in [0.5, 0.6) is 0 Å². The Morgan fingerprint density at radius 3 is 1.41 bits per heavy atom. The monoisotopic (exact) mass is 948 g/mol. The highest BCUT2D eigenvalue weighted by molar-refractivity contribution is 6.40. The van der Waals surface area contributed by atoms with Gasteiger partial charge in [-0.15, -0.1) is 0 Å². The van der Waals surface area contributed by atoms with Crippen LogP contribution in [0.15, 0.2) is 161 Å². The fourth-order valence-corrected chi connectivity index (χ4v) is 9.02. The van der Waals surface area contributed by atoms with Crippen LogP contribution in [0.3, 0.4) is 0 Å². The van der Waals surface area contributed by atoms with Gasteiger partial charge in [0.1, 0.15) is 11.4 Å². The topological polar surface area (TPSA) is 146 Å². The molecule has 0 N–H and O–H groups in total. The molecule has 8 rings (SSSR count). The number of amidine groups is 1. The highest BCUT2D eigenvalue weighted by Gasteiger charge is 2.60. The van der Waals surface area contributed by atoms with Crippen LogP contribution in [-0.2, 0) is 30.3 Å². The number of carbonyl (C=O) groups excluding carboxylic acids is 4. The Labute approximate surface area is 403 Å². The van der Waals surface area contributed by atoms with E-state index in [4.69, 9.17) is 57.1 Å². The highest BCUT2D eigenvalue weighted by Crippen LogP contribution is 2.58. The number of benzene rings is 6. The largest absolute Gasteiger partial charge is 0.462 e. The molecule has 0 radical (unpaired) electrons. The van der Waals surface area contributed by atoms with Gasteiger partial charge in [-0.05, 0) is 111 Å². The van der Waals surface area contributed by atoms with E-state index in [9.17, 15) is 19.2 Å². The minimum atomic E-state index is -1.73. The van der Waals surface area contributed by atoms with Crippen LogP contribution in [-0.4, -0.2) is 73.0 Å². The van der Waals surface area contributed by atoms with Crippen molar-refractivity contribution >= 4 is 64.8 Å². The zero-order valence-electron chi connectivity index (χ0n) is 37.7. The number of hydrogen-bond donors (Lipinski definition) is 0. The zero-order valence-corrected chi connectivity index (χ0v) is 39.2. The molecule has 0 spiro atoms. The van der Waals surface area contributed by atoms with Crippen molar-refractivity contribution in [3.63, 3.8) is 0 Å². The van der Waals surface area contributed by atoms with Crippen molar-refractivity contribution in [2.75, 3.05) is 26.4 Å². The van der Waals surface area contributed by atoms with Crippen molar-refractivity contribution in [2.45, 2.75) is 45.1 Å². The van der Waals surface area contributed by atoms with E-state index in [1.165, 1.54) is 0 Å². The second-order valence-corrected chi connectivity index (χ2v) is 16.4. The van der Waals surface area contributed by atoms with Gasteiger partial charge in [0.2, 0.25) is 0 Å². The van der Waals surface area contributed by atoms with Gasteiger partial charge in [-0.2, -0.15) is 0 Å². The van der Waals surface area contributed by atoms with Crippen molar-refractivity contribution in [3.8, 4) is 0 Å². The Morgan fingerprint density at radius 1 is 0.529 bits per heavy atom. The molecule has 2 aliphatic rings. The lowest BCUT2D eigenvalue weighted by molar-refractivity contribution is 0.0516. The van der Waals surface area contributed by atoms with Gasteiger partial charge in [0, 0.05) is 16.7 Å². The normalized spacial score (nSPS) is 17.0. The first kappa shape index (κ1) is 47.1. The Bertz CT molecular complexity index is 2890. The van der Waals surface area contributed by atoms with Crippen LogP contribution in [0.2, 0.25) is 10.0 Å². The summed E-state index contributed by atoms with van der Waals surface area (Å²) in [5.41, 5.74) is 3.88. The summed E-state index contributed by atoms with van der Waals surface area (Å²) in [4.78, 5) is 70.9. The molecule has 0 bridgehead atoms. The zero-order chi connectivity index (χ0) is 48.0. The summed E-state index contributed by atoms with van der Waals surface area (Å²) in [5, 5.41) is 0.714. The number of hydrogen-bond acceptors (Lipinski definition) is 12. The Kier molecular flexibility index (Phi) is 14.0. The van der Waals surface area contributed by atoms with E-state index < -0.39 is 41.2 Å². The first-order valence-electron chi connectivity index (χ1n) is 22.1. The molecule has 0 fully saturated rings. The fourth-order valence-electron chi connectivity index (χ4n) is 8.54. The molecule has 0 aromatic heterocycles. The molecule has 12 nitrogen and oxygen atoms in total. The number of ether oxygens (including phenoxy) is 4. The van der Waals surface area contributed by atoms with Gasteiger partial charge in [0.15, 0.2) is 0 Å².